The summed E-state index contributed by atoms with van der Waals surface area (Å²) < 4.78 is 26.8. The number of aryl methyl sites for hydroxylation is 1. The molecule has 2 saturated heterocycles. The van der Waals surface area contributed by atoms with Gasteiger partial charge in [-0.1, -0.05) is 56.4 Å². The van der Waals surface area contributed by atoms with Crippen molar-refractivity contribution in [3.8, 4) is 16.2 Å². The minimum atomic E-state index is -1.07. The molecule has 0 bridgehead atoms. The minimum Gasteiger partial charge on any atom is -0.478 e. The van der Waals surface area contributed by atoms with E-state index in [1.807, 2.05) is 38.1 Å². The van der Waals surface area contributed by atoms with Crippen molar-refractivity contribution in [1.82, 2.24) is 25.5 Å². The second-order valence-electron chi connectivity index (χ2n) is 14.0. The first-order chi connectivity index (χ1) is 24.3. The monoisotopic (exact) mass is 738 g/mol. The van der Waals surface area contributed by atoms with E-state index < -0.39 is 53.7 Å². The van der Waals surface area contributed by atoms with Crippen molar-refractivity contribution in [2.75, 3.05) is 44.4 Å². The number of anilines is 1. The summed E-state index contributed by atoms with van der Waals surface area (Å²) in [6.07, 6.45) is -0.851. The zero-order valence-electron chi connectivity index (χ0n) is 29.3. The summed E-state index contributed by atoms with van der Waals surface area (Å²) in [6.45, 7) is 11.1. The predicted molar refractivity (Wildman–Crippen MR) is 194 cm³/mol. The summed E-state index contributed by atoms with van der Waals surface area (Å²) in [4.78, 5) is 54.4. The van der Waals surface area contributed by atoms with Crippen molar-refractivity contribution in [3.63, 3.8) is 0 Å². The van der Waals surface area contributed by atoms with Gasteiger partial charge in [0.1, 0.15) is 17.6 Å². The number of ether oxygens (including phenoxy) is 2. The summed E-state index contributed by atoms with van der Waals surface area (Å²) in [5.41, 5.74) is 4.22. The van der Waals surface area contributed by atoms with Crippen LogP contribution in [-0.2, 0) is 19.1 Å². The van der Waals surface area contributed by atoms with Crippen LogP contribution in [-0.4, -0.2) is 95.3 Å². The highest BCUT2D eigenvalue weighted by Gasteiger charge is 2.44. The van der Waals surface area contributed by atoms with Gasteiger partial charge in [0.05, 0.1) is 46.1 Å². The fourth-order valence-corrected chi connectivity index (χ4v) is 8.14. The number of amides is 3. The lowest BCUT2D eigenvalue weighted by molar-refractivity contribution is -0.144. The Labute approximate surface area is 304 Å². The van der Waals surface area contributed by atoms with Gasteiger partial charge < -0.3 is 35.0 Å². The molecule has 4 heterocycles. The van der Waals surface area contributed by atoms with Gasteiger partial charge in [0.25, 0.3) is 5.91 Å². The molecule has 0 spiro atoms. The molecule has 4 atom stereocenters. The number of carbonyl (C=O) groups excluding carboxylic acids is 3. The number of nitrogens with one attached hydrogen (secondary N) is 2. The fraction of sp³-hybridized carbons (Fsp3) is 0.472. The molecule has 272 valence electrons. The molecule has 15 heteroatoms. The number of carbonyl (C=O) groups is 3. The third-order valence-electron chi connectivity index (χ3n) is 9.14. The van der Waals surface area contributed by atoms with Crippen LogP contribution in [0, 0.1) is 18.2 Å². The zero-order chi connectivity index (χ0) is 36.4. The van der Waals surface area contributed by atoms with Crippen molar-refractivity contribution in [3.05, 3.63) is 59.0 Å². The SMILES string of the molecule is Cc1ncsc1-c1ccc([C@H](C)NC(=O)[C@@H]2C[C@@H](O)CN2C(=O)[C@@H](NC(=O)COc2c(F)ccc3sc(N4CCOCC4)nc23)C(C)(C)C)cc1. The zero-order valence-corrected chi connectivity index (χ0v) is 30.9. The number of likely N-dealkylation sites (tertiary alicyclic amines) is 1. The molecule has 2 aliphatic rings. The van der Waals surface area contributed by atoms with Crippen molar-refractivity contribution < 1.29 is 33.4 Å². The van der Waals surface area contributed by atoms with E-state index in [9.17, 15) is 19.5 Å². The van der Waals surface area contributed by atoms with E-state index in [1.54, 1.807) is 43.7 Å². The quantitative estimate of drug-likeness (QED) is 0.215. The van der Waals surface area contributed by atoms with Gasteiger partial charge >= 0.3 is 0 Å². The molecule has 12 nitrogen and oxygen atoms in total. The number of hydrogen-bond donors (Lipinski definition) is 3. The van der Waals surface area contributed by atoms with E-state index in [4.69, 9.17) is 9.47 Å². The number of morpholine rings is 1. The molecule has 2 fully saturated rings. The molecule has 51 heavy (non-hydrogen) atoms. The van der Waals surface area contributed by atoms with Gasteiger partial charge in [-0.25, -0.2) is 14.4 Å². The summed E-state index contributed by atoms with van der Waals surface area (Å²) in [5, 5.41) is 17.1. The Hall–Kier alpha value is -4.18. The Bertz CT molecular complexity index is 1890. The largest absolute Gasteiger partial charge is 0.478 e. The molecule has 0 radical (unpaired) electrons. The van der Waals surface area contributed by atoms with Gasteiger partial charge in [0, 0.05) is 26.1 Å². The number of aliphatic hydroxyl groups is 1. The maximum absolute atomic E-state index is 15.0. The predicted octanol–water partition coefficient (Wildman–Crippen LogP) is 4.45. The molecular formula is C36H43FN6O6S2. The Morgan fingerprint density at radius 1 is 1.12 bits per heavy atom. The number of hydrogen-bond acceptors (Lipinski definition) is 11. The van der Waals surface area contributed by atoms with Gasteiger partial charge in [0.15, 0.2) is 23.3 Å². The van der Waals surface area contributed by atoms with Crippen LogP contribution in [0.25, 0.3) is 20.7 Å². The van der Waals surface area contributed by atoms with Crippen LogP contribution in [0.1, 0.15) is 51.4 Å². The number of aromatic nitrogens is 2. The van der Waals surface area contributed by atoms with E-state index in [-0.39, 0.29) is 24.8 Å². The van der Waals surface area contributed by atoms with E-state index in [0.717, 1.165) is 21.7 Å². The normalized spacial score (nSPS) is 19.2. The maximum atomic E-state index is 15.0. The van der Waals surface area contributed by atoms with Crippen LogP contribution in [0.5, 0.6) is 5.75 Å². The first kappa shape index (κ1) is 36.6. The van der Waals surface area contributed by atoms with Crippen LogP contribution >= 0.6 is 22.7 Å². The molecular weight excluding hydrogens is 696 g/mol. The van der Waals surface area contributed by atoms with E-state index in [2.05, 4.69) is 25.5 Å². The highest BCUT2D eigenvalue weighted by Crippen LogP contribution is 2.36. The first-order valence-corrected chi connectivity index (χ1v) is 18.6. The maximum Gasteiger partial charge on any atom is 0.258 e. The summed E-state index contributed by atoms with van der Waals surface area (Å²) in [5.74, 6) is -2.35. The highest BCUT2D eigenvalue weighted by atomic mass is 32.1. The minimum absolute atomic E-state index is 0.0599. The Morgan fingerprint density at radius 3 is 2.51 bits per heavy atom. The van der Waals surface area contributed by atoms with Crippen LogP contribution in [0.3, 0.4) is 0 Å². The lowest BCUT2D eigenvalue weighted by Crippen LogP contribution is -2.58. The summed E-state index contributed by atoms with van der Waals surface area (Å²) >= 11 is 2.97. The van der Waals surface area contributed by atoms with Crippen LogP contribution in [0.2, 0.25) is 0 Å². The van der Waals surface area contributed by atoms with Crippen LogP contribution in [0.15, 0.2) is 41.9 Å². The molecule has 3 amide bonds. The van der Waals surface area contributed by atoms with Crippen molar-refractivity contribution >= 4 is 55.7 Å². The number of nitrogens with zero attached hydrogens (tertiary/aromatic N) is 4. The third-order valence-corrected chi connectivity index (χ3v) is 11.2. The van der Waals surface area contributed by atoms with E-state index >= 15 is 4.39 Å². The fourth-order valence-electron chi connectivity index (χ4n) is 6.32. The number of rotatable bonds is 10. The van der Waals surface area contributed by atoms with Gasteiger partial charge in [-0.3, -0.25) is 14.4 Å². The van der Waals surface area contributed by atoms with Crippen molar-refractivity contribution in [2.24, 2.45) is 5.41 Å². The Morgan fingerprint density at radius 2 is 1.84 bits per heavy atom. The average molecular weight is 739 g/mol. The number of benzene rings is 2. The second-order valence-corrected chi connectivity index (χ2v) is 15.9. The Balaban J connectivity index is 1.11. The van der Waals surface area contributed by atoms with Crippen LogP contribution in [0.4, 0.5) is 9.52 Å². The second kappa shape index (κ2) is 15.2. The van der Waals surface area contributed by atoms with Gasteiger partial charge in [-0.15, -0.1) is 11.3 Å². The molecule has 4 aromatic rings. The molecule has 0 saturated carbocycles. The summed E-state index contributed by atoms with van der Waals surface area (Å²) in [6, 6.07) is 8.41. The molecule has 2 aromatic carbocycles. The number of β-amino-alcohol motifs (C(OH)–C–C–N with tert-alkyl or cyclic N) is 1. The van der Waals surface area contributed by atoms with E-state index in [1.165, 1.54) is 22.3 Å². The topological polar surface area (TPSA) is 146 Å². The molecule has 0 unspecified atom stereocenters. The summed E-state index contributed by atoms with van der Waals surface area (Å²) in [7, 11) is 0. The molecule has 0 aliphatic carbocycles. The average Bonchev–Trinajstić information content (AvgIpc) is 3.84. The molecule has 2 aromatic heterocycles. The van der Waals surface area contributed by atoms with Crippen LogP contribution < -0.4 is 20.3 Å². The number of aliphatic hydroxyl groups excluding tert-OH is 1. The molecule has 2 aliphatic heterocycles. The van der Waals surface area contributed by atoms with Gasteiger partial charge in [-0.2, -0.15) is 0 Å². The van der Waals surface area contributed by atoms with Gasteiger partial charge in [0.2, 0.25) is 11.8 Å². The number of halogens is 1. The smallest absolute Gasteiger partial charge is 0.258 e. The van der Waals surface area contributed by atoms with Crippen molar-refractivity contribution in [2.45, 2.75) is 65.3 Å². The third kappa shape index (κ3) is 8.16. The highest BCUT2D eigenvalue weighted by molar-refractivity contribution is 7.22. The Kier molecular flexibility index (Phi) is 10.9. The standard InChI is InChI=1S/C36H43FN6O6S2/c1-20(22-6-8-23(9-7-22)31-21(2)38-19-50-31)39-33(46)26-16-24(44)17-43(26)34(47)32(36(3,4)5)40-28(45)18-49-30-25(37)10-11-27-29(30)41-35(51-27)42-12-14-48-15-13-42/h6-11,19-20,24,26,32,44H,12-18H2,1-5H3,(H,39,46)(H,40,45)/t20-,24+,26-,32+/m0/s1. The first-order valence-electron chi connectivity index (χ1n) is 16.9. The van der Waals surface area contributed by atoms with E-state index in [0.29, 0.717) is 41.7 Å². The van der Waals surface area contributed by atoms with Gasteiger partial charge in [-0.05, 0) is 42.5 Å². The number of fused-ring (bicyclic) bond motifs is 1. The number of thiazole rings is 2. The van der Waals surface area contributed by atoms with Crippen molar-refractivity contribution in [1.29, 1.82) is 0 Å². The molecule has 3 N–H and O–H groups in total. The lowest BCUT2D eigenvalue weighted by atomic mass is 9.85. The molecule has 6 rings (SSSR count). The lowest BCUT2D eigenvalue weighted by Gasteiger charge is -2.35.